The van der Waals surface area contributed by atoms with E-state index in [9.17, 15) is 0 Å². The van der Waals surface area contributed by atoms with Crippen LogP contribution >= 0.6 is 0 Å². The number of rotatable bonds is 0. The minimum Gasteiger partial charge on any atom is -0.261 e. The maximum Gasteiger partial charge on any atom is 0.0584 e. The van der Waals surface area contributed by atoms with E-state index in [0.29, 0.717) is 0 Å². The molecular weight excluding hydrogens is 188 g/mol. The Morgan fingerprint density at radius 1 is 0.733 bits per heavy atom. The third kappa shape index (κ3) is 4.26. The summed E-state index contributed by atoms with van der Waals surface area (Å²) in [7, 11) is 0. The Balaban J connectivity index is 0.000000151. The fourth-order valence-corrected chi connectivity index (χ4v) is 0.851. The molecular formula is C11H14N4. The third-order valence-electron chi connectivity index (χ3n) is 1.82. The summed E-state index contributed by atoms with van der Waals surface area (Å²) in [6, 6.07) is 0. The quantitative estimate of drug-likeness (QED) is 0.654. The summed E-state index contributed by atoms with van der Waals surface area (Å²) in [6.45, 7) is 5.80. The minimum atomic E-state index is 0.961. The molecule has 2 heterocycles. The van der Waals surface area contributed by atoms with Crippen LogP contribution in [-0.4, -0.2) is 19.9 Å². The first-order valence-electron chi connectivity index (χ1n) is 4.67. The van der Waals surface area contributed by atoms with Crippen molar-refractivity contribution in [2.24, 2.45) is 0 Å². The molecule has 0 spiro atoms. The summed E-state index contributed by atoms with van der Waals surface area (Å²) >= 11 is 0. The van der Waals surface area contributed by atoms with E-state index in [2.05, 4.69) is 19.9 Å². The maximum absolute atomic E-state index is 4.02. The van der Waals surface area contributed by atoms with Crippen molar-refractivity contribution in [2.75, 3.05) is 0 Å². The largest absolute Gasteiger partial charge is 0.261 e. The Bertz CT molecular complexity index is 379. The van der Waals surface area contributed by atoms with Crippen molar-refractivity contribution in [3.8, 4) is 0 Å². The highest BCUT2D eigenvalue weighted by Gasteiger charge is 1.87. The van der Waals surface area contributed by atoms with E-state index in [1.54, 1.807) is 31.0 Å². The van der Waals surface area contributed by atoms with Gasteiger partial charge in [0, 0.05) is 31.0 Å². The van der Waals surface area contributed by atoms with Gasteiger partial charge in [-0.05, 0) is 20.8 Å². The van der Waals surface area contributed by atoms with Gasteiger partial charge < -0.3 is 0 Å². The molecule has 15 heavy (non-hydrogen) atoms. The number of hydrogen-bond donors (Lipinski definition) is 0. The monoisotopic (exact) mass is 202 g/mol. The van der Waals surface area contributed by atoms with E-state index in [1.807, 2.05) is 20.8 Å². The molecule has 0 radical (unpaired) electrons. The average Bonchev–Trinajstić information content (AvgIpc) is 2.25. The van der Waals surface area contributed by atoms with Gasteiger partial charge >= 0.3 is 0 Å². The van der Waals surface area contributed by atoms with E-state index in [-0.39, 0.29) is 0 Å². The highest BCUT2D eigenvalue weighted by atomic mass is 14.8. The number of aryl methyl sites for hydroxylation is 3. The lowest BCUT2D eigenvalue weighted by atomic mass is 10.4. The number of aromatic nitrogens is 4. The van der Waals surface area contributed by atoms with Crippen LogP contribution in [0.15, 0.2) is 31.0 Å². The van der Waals surface area contributed by atoms with Gasteiger partial charge in [-0.15, -0.1) is 0 Å². The highest BCUT2D eigenvalue weighted by molar-refractivity contribution is 5.04. The standard InChI is InChI=1S/C6H8N2.C5H6N2/c1-5-6(2)8-4-3-7-5;1-5-4-6-2-3-7-5/h3-4H,1-2H3;2-4H,1H3. The molecule has 0 unspecified atom stereocenters. The molecule has 2 rings (SSSR count). The lowest BCUT2D eigenvalue weighted by molar-refractivity contribution is 1.05. The van der Waals surface area contributed by atoms with Crippen LogP contribution in [0, 0.1) is 20.8 Å². The Morgan fingerprint density at radius 3 is 1.53 bits per heavy atom. The van der Waals surface area contributed by atoms with Crippen LogP contribution in [0.3, 0.4) is 0 Å². The van der Waals surface area contributed by atoms with E-state index in [1.165, 1.54) is 0 Å². The summed E-state index contributed by atoms with van der Waals surface area (Å²) in [6.07, 6.45) is 8.45. The predicted molar refractivity (Wildman–Crippen MR) is 58.3 cm³/mol. The Labute approximate surface area is 89.5 Å². The Morgan fingerprint density at radius 2 is 1.27 bits per heavy atom. The van der Waals surface area contributed by atoms with Crippen LogP contribution < -0.4 is 0 Å². The van der Waals surface area contributed by atoms with Gasteiger partial charge in [-0.3, -0.25) is 19.9 Å². The molecule has 0 fully saturated rings. The zero-order valence-corrected chi connectivity index (χ0v) is 9.18. The summed E-state index contributed by atoms with van der Waals surface area (Å²) < 4.78 is 0. The minimum absolute atomic E-state index is 0.961. The van der Waals surface area contributed by atoms with Crippen molar-refractivity contribution in [3.05, 3.63) is 48.1 Å². The van der Waals surface area contributed by atoms with Crippen LogP contribution in [0.4, 0.5) is 0 Å². The topological polar surface area (TPSA) is 51.6 Å². The molecule has 4 nitrogen and oxygen atoms in total. The van der Waals surface area contributed by atoms with Crippen molar-refractivity contribution >= 4 is 0 Å². The molecule has 2 aromatic rings. The maximum atomic E-state index is 4.02. The van der Waals surface area contributed by atoms with Gasteiger partial charge in [0.2, 0.25) is 0 Å². The molecule has 0 atom stereocenters. The van der Waals surface area contributed by atoms with Crippen LogP contribution in [0.5, 0.6) is 0 Å². The summed E-state index contributed by atoms with van der Waals surface area (Å²) in [5.74, 6) is 0. The van der Waals surface area contributed by atoms with Gasteiger partial charge in [-0.25, -0.2) is 0 Å². The highest BCUT2D eigenvalue weighted by Crippen LogP contribution is 1.93. The summed E-state index contributed by atoms with van der Waals surface area (Å²) in [5.41, 5.74) is 2.97. The van der Waals surface area contributed by atoms with Gasteiger partial charge in [0.05, 0.1) is 17.1 Å². The van der Waals surface area contributed by atoms with E-state index < -0.39 is 0 Å². The van der Waals surface area contributed by atoms with Gasteiger partial charge in [0.25, 0.3) is 0 Å². The molecule has 0 N–H and O–H groups in total. The van der Waals surface area contributed by atoms with Crippen LogP contribution in [0.1, 0.15) is 17.1 Å². The molecule has 0 aliphatic heterocycles. The zero-order chi connectivity index (χ0) is 11.1. The van der Waals surface area contributed by atoms with E-state index >= 15 is 0 Å². The predicted octanol–water partition coefficient (Wildman–Crippen LogP) is 1.88. The normalized spacial score (nSPS) is 9.00. The van der Waals surface area contributed by atoms with Crippen LogP contribution in [0.25, 0.3) is 0 Å². The molecule has 0 aliphatic rings. The second-order valence-corrected chi connectivity index (χ2v) is 3.07. The molecule has 0 aromatic carbocycles. The molecule has 4 heteroatoms. The summed E-state index contributed by atoms with van der Waals surface area (Å²) in [5, 5.41) is 0. The van der Waals surface area contributed by atoms with Crippen molar-refractivity contribution in [1.82, 2.24) is 19.9 Å². The molecule has 0 amide bonds. The molecule has 2 aromatic heterocycles. The van der Waals surface area contributed by atoms with E-state index in [4.69, 9.17) is 0 Å². The third-order valence-corrected chi connectivity index (χ3v) is 1.82. The first-order valence-corrected chi connectivity index (χ1v) is 4.67. The lowest BCUT2D eigenvalue weighted by Gasteiger charge is -1.91. The van der Waals surface area contributed by atoms with Gasteiger partial charge in [-0.2, -0.15) is 0 Å². The van der Waals surface area contributed by atoms with Crippen LogP contribution in [0.2, 0.25) is 0 Å². The van der Waals surface area contributed by atoms with Gasteiger partial charge in [0.1, 0.15) is 0 Å². The first-order chi connectivity index (χ1) is 7.20. The summed E-state index contributed by atoms with van der Waals surface area (Å²) in [4.78, 5) is 15.8. The smallest absolute Gasteiger partial charge is 0.0584 e. The fraction of sp³-hybridized carbons (Fsp3) is 0.273. The average molecular weight is 202 g/mol. The van der Waals surface area contributed by atoms with Crippen molar-refractivity contribution in [1.29, 1.82) is 0 Å². The molecule has 0 aliphatic carbocycles. The van der Waals surface area contributed by atoms with E-state index in [0.717, 1.165) is 17.1 Å². The Kier molecular flexibility index (Phi) is 4.34. The van der Waals surface area contributed by atoms with Gasteiger partial charge in [0.15, 0.2) is 0 Å². The SMILES string of the molecule is Cc1cnccn1.Cc1nccnc1C. The van der Waals surface area contributed by atoms with Crippen molar-refractivity contribution < 1.29 is 0 Å². The fourth-order valence-electron chi connectivity index (χ4n) is 0.851. The number of nitrogens with zero attached hydrogens (tertiary/aromatic N) is 4. The van der Waals surface area contributed by atoms with Crippen molar-refractivity contribution in [3.63, 3.8) is 0 Å². The van der Waals surface area contributed by atoms with Crippen molar-refractivity contribution in [2.45, 2.75) is 20.8 Å². The molecule has 0 saturated carbocycles. The Hall–Kier alpha value is -1.84. The second kappa shape index (κ2) is 5.80. The zero-order valence-electron chi connectivity index (χ0n) is 9.18. The molecule has 78 valence electrons. The molecule has 0 saturated heterocycles. The van der Waals surface area contributed by atoms with Crippen LogP contribution in [-0.2, 0) is 0 Å². The second-order valence-electron chi connectivity index (χ2n) is 3.07. The lowest BCUT2D eigenvalue weighted by Crippen LogP contribution is -1.87. The first kappa shape index (κ1) is 11.2. The van der Waals surface area contributed by atoms with Gasteiger partial charge in [-0.1, -0.05) is 0 Å². The number of hydrogen-bond acceptors (Lipinski definition) is 4. The molecule has 0 bridgehead atoms.